The Balaban J connectivity index is 1.82. The third-order valence-corrected chi connectivity index (χ3v) is 5.65. The number of aliphatic hydroxyl groups is 2. The Morgan fingerprint density at radius 1 is 1.20 bits per heavy atom. The lowest BCUT2D eigenvalue weighted by Gasteiger charge is -2.35. The summed E-state index contributed by atoms with van der Waals surface area (Å²) in [5.41, 5.74) is 2.81. The van der Waals surface area contributed by atoms with Crippen LogP contribution in [0.25, 0.3) is 0 Å². The van der Waals surface area contributed by atoms with Crippen molar-refractivity contribution in [3.05, 3.63) is 47.0 Å². The van der Waals surface area contributed by atoms with E-state index in [4.69, 9.17) is 0 Å². The van der Waals surface area contributed by atoms with Gasteiger partial charge in [0, 0.05) is 13.0 Å². The molecule has 0 bridgehead atoms. The molecule has 5 heteroatoms. The summed E-state index contributed by atoms with van der Waals surface area (Å²) in [5, 5.41) is 20.7. The maximum Gasteiger partial charge on any atom is 0.233 e. The zero-order valence-electron chi connectivity index (χ0n) is 14.7. The highest BCUT2D eigenvalue weighted by Crippen LogP contribution is 2.45. The largest absolute Gasteiger partial charge is 0.396 e. The minimum absolute atomic E-state index is 0.175. The van der Waals surface area contributed by atoms with Gasteiger partial charge in [-0.25, -0.2) is 0 Å². The number of fused-ring (bicyclic) bond motifs is 1. The summed E-state index contributed by atoms with van der Waals surface area (Å²) in [6, 6.07) is 9.92. The van der Waals surface area contributed by atoms with Gasteiger partial charge >= 0.3 is 0 Å². The first-order chi connectivity index (χ1) is 12.0. The van der Waals surface area contributed by atoms with Crippen LogP contribution in [0.3, 0.4) is 0 Å². The molecular weight excluding hydrogens is 318 g/mol. The molecule has 1 fully saturated rings. The van der Waals surface area contributed by atoms with Crippen molar-refractivity contribution in [3.63, 3.8) is 0 Å². The number of imide groups is 1. The second-order valence-electron chi connectivity index (χ2n) is 7.14. The molecule has 2 N–H and O–H groups in total. The molecule has 1 heterocycles. The Kier molecular flexibility index (Phi) is 5.06. The molecule has 2 amide bonds. The summed E-state index contributed by atoms with van der Waals surface area (Å²) < 4.78 is 0. The van der Waals surface area contributed by atoms with E-state index in [2.05, 4.69) is 0 Å². The predicted octanol–water partition coefficient (Wildman–Crippen LogP) is 1.54. The van der Waals surface area contributed by atoms with Crippen molar-refractivity contribution in [1.82, 2.24) is 4.90 Å². The lowest BCUT2D eigenvalue weighted by Crippen LogP contribution is -2.38. The van der Waals surface area contributed by atoms with Crippen molar-refractivity contribution >= 4 is 11.8 Å². The average Bonchev–Trinajstić information content (AvgIpc) is 2.83. The summed E-state index contributed by atoms with van der Waals surface area (Å²) in [6.07, 6.45) is 1.01. The first-order valence-corrected chi connectivity index (χ1v) is 8.79. The van der Waals surface area contributed by atoms with Gasteiger partial charge in [-0.05, 0) is 37.3 Å². The van der Waals surface area contributed by atoms with E-state index in [0.29, 0.717) is 12.8 Å². The number of rotatable bonds is 5. The van der Waals surface area contributed by atoms with E-state index in [-0.39, 0.29) is 18.4 Å². The molecule has 1 aliphatic carbocycles. The highest BCUT2D eigenvalue weighted by atomic mass is 16.3. The van der Waals surface area contributed by atoms with E-state index >= 15 is 0 Å². The number of hydrogen-bond donors (Lipinski definition) is 2. The number of likely N-dealkylation sites (tertiary alicyclic amines) is 1. The first kappa shape index (κ1) is 17.8. The van der Waals surface area contributed by atoms with Crippen LogP contribution in [-0.2, 0) is 16.0 Å². The van der Waals surface area contributed by atoms with Crippen LogP contribution >= 0.6 is 0 Å². The molecule has 4 atom stereocenters. The summed E-state index contributed by atoms with van der Waals surface area (Å²) in [5.74, 6) is -1.85. The van der Waals surface area contributed by atoms with Crippen LogP contribution in [0.5, 0.6) is 0 Å². The Labute approximate surface area is 148 Å². The van der Waals surface area contributed by atoms with Gasteiger partial charge in [-0.3, -0.25) is 14.5 Å². The number of carbonyl (C=O) groups excluding carboxylic acids is 2. The molecule has 0 unspecified atom stereocenters. The fourth-order valence-corrected chi connectivity index (χ4v) is 4.38. The molecule has 5 nitrogen and oxygen atoms in total. The molecule has 0 spiro atoms. The number of aliphatic hydroxyl groups excluding tert-OH is 2. The van der Waals surface area contributed by atoms with Gasteiger partial charge < -0.3 is 10.2 Å². The molecule has 25 heavy (non-hydrogen) atoms. The minimum Gasteiger partial charge on any atom is -0.396 e. The quantitative estimate of drug-likeness (QED) is 0.628. The monoisotopic (exact) mass is 343 g/mol. The van der Waals surface area contributed by atoms with Gasteiger partial charge in [-0.15, -0.1) is 0 Å². The van der Waals surface area contributed by atoms with E-state index in [9.17, 15) is 19.8 Å². The topological polar surface area (TPSA) is 77.8 Å². The molecule has 1 aromatic rings. The zero-order valence-corrected chi connectivity index (χ0v) is 14.7. The molecule has 0 aromatic heterocycles. The predicted molar refractivity (Wildman–Crippen MR) is 93.4 cm³/mol. The molecule has 0 saturated carbocycles. The average molecular weight is 343 g/mol. The molecule has 1 aromatic carbocycles. The number of hydrogen-bond acceptors (Lipinski definition) is 4. The molecule has 3 rings (SSSR count). The van der Waals surface area contributed by atoms with E-state index in [1.54, 1.807) is 0 Å². The molecular formula is C20H25NO4. The second kappa shape index (κ2) is 7.10. The lowest BCUT2D eigenvalue weighted by atomic mass is 9.68. The van der Waals surface area contributed by atoms with Gasteiger partial charge in [0.25, 0.3) is 0 Å². The Bertz CT molecular complexity index is 697. The van der Waals surface area contributed by atoms with Crippen molar-refractivity contribution in [2.45, 2.75) is 32.3 Å². The Hall–Kier alpha value is -1.98. The van der Waals surface area contributed by atoms with Crippen LogP contribution in [0.4, 0.5) is 0 Å². The van der Waals surface area contributed by atoms with Crippen LogP contribution in [0.1, 0.15) is 25.3 Å². The third kappa shape index (κ3) is 3.14. The summed E-state index contributed by atoms with van der Waals surface area (Å²) in [6.45, 7) is 1.67. The number of nitrogens with zero attached hydrogens (tertiary/aromatic N) is 1. The van der Waals surface area contributed by atoms with Gasteiger partial charge in [0.2, 0.25) is 11.8 Å². The number of allylic oxidation sites excluding steroid dienone is 1. The fourth-order valence-electron chi connectivity index (χ4n) is 4.38. The van der Waals surface area contributed by atoms with Crippen molar-refractivity contribution in [1.29, 1.82) is 0 Å². The number of aryl methyl sites for hydroxylation is 1. The molecule has 134 valence electrons. The molecule has 2 aliphatic rings. The lowest BCUT2D eigenvalue weighted by molar-refractivity contribution is -0.138. The maximum atomic E-state index is 12.5. The maximum absolute atomic E-state index is 12.5. The smallest absolute Gasteiger partial charge is 0.233 e. The van der Waals surface area contributed by atoms with Crippen LogP contribution in [0.15, 0.2) is 41.5 Å². The normalized spacial score (nSPS) is 27.7. The molecule has 0 radical (unpaired) electrons. The van der Waals surface area contributed by atoms with E-state index < -0.39 is 23.9 Å². The van der Waals surface area contributed by atoms with Gasteiger partial charge in [0.1, 0.15) is 0 Å². The van der Waals surface area contributed by atoms with Crippen molar-refractivity contribution in [2.75, 3.05) is 13.7 Å². The van der Waals surface area contributed by atoms with E-state index in [0.717, 1.165) is 23.1 Å². The van der Waals surface area contributed by atoms with Crippen molar-refractivity contribution < 1.29 is 19.8 Å². The third-order valence-electron chi connectivity index (χ3n) is 5.65. The van der Waals surface area contributed by atoms with Gasteiger partial charge in [0.15, 0.2) is 0 Å². The Morgan fingerprint density at radius 3 is 2.52 bits per heavy atom. The summed E-state index contributed by atoms with van der Waals surface area (Å²) in [4.78, 5) is 25.9. The zero-order chi connectivity index (χ0) is 18.1. The van der Waals surface area contributed by atoms with Crippen LogP contribution < -0.4 is 0 Å². The number of carbonyl (C=O) groups is 2. The highest BCUT2D eigenvalue weighted by Gasteiger charge is 2.53. The summed E-state index contributed by atoms with van der Waals surface area (Å²) >= 11 is 0. The van der Waals surface area contributed by atoms with Gasteiger partial charge in [-0.1, -0.05) is 35.9 Å². The standard InChI is InChI=1S/C20H25NO4/c1-12-10-14-18(20(25)21(2)19(14)24)15(11-22)17(12)16(23)9-8-13-6-4-3-5-7-13/h3-7,14-16,18,22-23H,8-11H2,1-2H3/t14-,15+,16-,18-/m1/s1. The molecule has 1 saturated heterocycles. The number of benzene rings is 1. The van der Waals surface area contributed by atoms with Gasteiger partial charge in [-0.2, -0.15) is 0 Å². The van der Waals surface area contributed by atoms with Gasteiger partial charge in [0.05, 0.1) is 24.5 Å². The van der Waals surface area contributed by atoms with Crippen LogP contribution in [0, 0.1) is 17.8 Å². The van der Waals surface area contributed by atoms with E-state index in [1.807, 2.05) is 37.3 Å². The van der Waals surface area contributed by atoms with Crippen molar-refractivity contribution in [3.8, 4) is 0 Å². The van der Waals surface area contributed by atoms with E-state index in [1.165, 1.54) is 11.9 Å². The number of amides is 2. The first-order valence-electron chi connectivity index (χ1n) is 8.79. The summed E-state index contributed by atoms with van der Waals surface area (Å²) in [7, 11) is 1.50. The van der Waals surface area contributed by atoms with Crippen LogP contribution in [-0.4, -0.2) is 46.7 Å². The van der Waals surface area contributed by atoms with Crippen molar-refractivity contribution in [2.24, 2.45) is 17.8 Å². The highest BCUT2D eigenvalue weighted by molar-refractivity contribution is 6.05. The van der Waals surface area contributed by atoms with Crippen LogP contribution in [0.2, 0.25) is 0 Å². The second-order valence-corrected chi connectivity index (χ2v) is 7.14. The Morgan fingerprint density at radius 2 is 1.88 bits per heavy atom. The fraction of sp³-hybridized carbons (Fsp3) is 0.500. The SMILES string of the molecule is CC1=C([C@H](O)CCc2ccccc2)[C@H](CO)[C@@H]2C(=O)N(C)C(=O)[C@@H]2C1. The minimum atomic E-state index is -0.716. The molecule has 1 aliphatic heterocycles.